The number of aliphatic hydroxyl groups is 1. The van der Waals surface area contributed by atoms with Gasteiger partial charge in [-0.15, -0.1) is 0 Å². The molecular weight excluding hydrogens is 1070 g/mol. The molecule has 9 atom stereocenters. The van der Waals surface area contributed by atoms with Gasteiger partial charge in [-0.25, -0.2) is 9.59 Å². The Labute approximate surface area is 479 Å². The van der Waals surface area contributed by atoms with Crippen LogP contribution in [0.4, 0.5) is 10.5 Å². The van der Waals surface area contributed by atoms with Gasteiger partial charge >= 0.3 is 12.1 Å². The van der Waals surface area contributed by atoms with Crippen molar-refractivity contribution < 1.29 is 67.1 Å². The standard InChI is InChI=1S/C59H82ClN7O14/c1-11-64(7)35-43-30-41-16-12-13-17-45(41)67(43)22-19-44(68)31-42(32-50(61)69)55(72)62-21-24-78-26-25-77-23-20-51(70)65(8)39(5)56(73)80-49-33-52(71)66(9)46-29-40(28-37(3)53(46)60)27-36(2)15-14-18-48(76-10)59(75)34-47(79-57(74)63-59)38(4)54-58(49,6)81-54/h12-18,28-30,38-39,42,47-49,54,75H,11,19-27,31-35H2,1-10H3,(H2,61,69)(H,62,72)(H,63,74)/b18-14+,36-15+/t38-,39+,42+,47+,48-,49+,54?,58+,59-/m1/s1. The molecule has 4 heterocycles. The fourth-order valence-corrected chi connectivity index (χ4v) is 10.7. The number of nitrogens with zero attached hydrogens (tertiary/aromatic N) is 4. The van der Waals surface area contributed by atoms with Crippen molar-refractivity contribution in [1.29, 1.82) is 0 Å². The van der Waals surface area contributed by atoms with E-state index in [9.17, 15) is 38.7 Å². The molecule has 4 bridgehead atoms. The van der Waals surface area contributed by atoms with E-state index in [0.29, 0.717) is 30.2 Å². The molecule has 0 radical (unpaired) electrons. The van der Waals surface area contributed by atoms with Crippen LogP contribution in [0.15, 0.2) is 66.3 Å². The first-order chi connectivity index (χ1) is 38.4. The number of para-hydroxylation sites is 1. The van der Waals surface area contributed by atoms with Crippen molar-refractivity contribution in [2.75, 3.05) is 72.7 Å². The first kappa shape index (κ1) is 64.0. The number of ketones is 1. The molecule has 21 nitrogen and oxygen atoms in total. The Kier molecular flexibility index (Phi) is 22.6. The summed E-state index contributed by atoms with van der Waals surface area (Å²) in [4.78, 5) is 97.9. The highest BCUT2D eigenvalue weighted by molar-refractivity contribution is 6.34. The Morgan fingerprint density at radius 2 is 1.74 bits per heavy atom. The highest BCUT2D eigenvalue weighted by Crippen LogP contribution is 2.49. The third-order valence-corrected chi connectivity index (χ3v) is 16.2. The van der Waals surface area contributed by atoms with E-state index in [4.69, 9.17) is 45.8 Å². The summed E-state index contributed by atoms with van der Waals surface area (Å²) >= 11 is 6.83. The topological polar surface area (TPSA) is 263 Å². The van der Waals surface area contributed by atoms with E-state index in [2.05, 4.69) is 33.1 Å². The van der Waals surface area contributed by atoms with Gasteiger partial charge in [-0.2, -0.15) is 0 Å². The zero-order valence-electron chi connectivity index (χ0n) is 48.4. The number of allylic oxidation sites excluding steroid dienone is 3. The van der Waals surface area contributed by atoms with Crippen molar-refractivity contribution >= 4 is 69.7 Å². The molecule has 2 fully saturated rings. The van der Waals surface area contributed by atoms with Crippen LogP contribution in [0.25, 0.3) is 10.9 Å². The van der Waals surface area contributed by atoms with E-state index in [-0.39, 0.29) is 77.3 Å². The zero-order chi connectivity index (χ0) is 59.3. The summed E-state index contributed by atoms with van der Waals surface area (Å²) in [5.41, 5.74) is 7.46. The molecule has 444 valence electrons. The fraction of sp³-hybridized carbons (Fsp3) is 0.576. The molecule has 2 aromatic carbocycles. The lowest BCUT2D eigenvalue weighted by Crippen LogP contribution is -2.63. The fourth-order valence-electron chi connectivity index (χ4n) is 10.5. The lowest BCUT2D eigenvalue weighted by molar-refractivity contribution is -0.162. The molecule has 6 rings (SSSR count). The number of carbonyl (C=O) groups is 7. The third kappa shape index (κ3) is 16.7. The van der Waals surface area contributed by atoms with Crippen molar-refractivity contribution in [2.45, 2.75) is 141 Å². The minimum absolute atomic E-state index is 0.00262. The second-order valence-corrected chi connectivity index (χ2v) is 22.2. The number of nitrogens with one attached hydrogen (secondary N) is 2. The molecule has 0 aliphatic carbocycles. The number of Topliss-reactive ketones (excluding diaryl/α,β-unsaturated/α-hetero) is 1. The number of benzene rings is 2. The van der Waals surface area contributed by atoms with Gasteiger partial charge < -0.3 is 63.8 Å². The Morgan fingerprint density at radius 3 is 2.44 bits per heavy atom. The van der Waals surface area contributed by atoms with Crippen molar-refractivity contribution in [3.05, 3.63) is 88.1 Å². The SMILES string of the molecule is CCN(C)Cc1cc2ccccc2n1CCC(=O)C[C@@H](CC(N)=O)C(=O)NCCOCCOCCC(=O)N(C)[C@@H](C)C(=O)O[C@H]1CC(=O)N(C)c2cc(cc(C)c2Cl)C/C(C)=C/C=C/[C@@H](OC)[C@]2(O)C[C@H](OC(=O)N2)[C@@H](C)C2O[C@]21C. The number of halogens is 1. The summed E-state index contributed by atoms with van der Waals surface area (Å²) in [7, 11) is 6.50. The largest absolute Gasteiger partial charge is 0.457 e. The van der Waals surface area contributed by atoms with Gasteiger partial charge in [-0.05, 0) is 82.4 Å². The van der Waals surface area contributed by atoms with Crippen LogP contribution in [0.2, 0.25) is 5.02 Å². The summed E-state index contributed by atoms with van der Waals surface area (Å²) < 4.78 is 37.2. The van der Waals surface area contributed by atoms with E-state index in [1.54, 1.807) is 33.0 Å². The van der Waals surface area contributed by atoms with Crippen LogP contribution in [0.5, 0.6) is 0 Å². The minimum Gasteiger partial charge on any atom is -0.457 e. The summed E-state index contributed by atoms with van der Waals surface area (Å²) in [5.74, 6) is -4.51. The maximum Gasteiger partial charge on any atom is 0.409 e. The molecular formula is C59H82ClN7O14. The van der Waals surface area contributed by atoms with Crippen molar-refractivity contribution in [2.24, 2.45) is 17.6 Å². The second-order valence-electron chi connectivity index (χ2n) is 21.8. The number of rotatable bonds is 24. The van der Waals surface area contributed by atoms with Crippen LogP contribution in [0, 0.1) is 18.8 Å². The highest BCUT2D eigenvalue weighted by Gasteiger charge is 2.64. The van der Waals surface area contributed by atoms with E-state index < -0.39 is 89.3 Å². The number of aromatic nitrogens is 1. The summed E-state index contributed by atoms with van der Waals surface area (Å²) in [5, 5.41) is 18.6. The van der Waals surface area contributed by atoms with Crippen molar-refractivity contribution in [3.63, 3.8) is 0 Å². The number of fused-ring (bicyclic) bond motifs is 6. The number of anilines is 1. The van der Waals surface area contributed by atoms with Gasteiger partial charge in [0.2, 0.25) is 23.6 Å². The number of methoxy groups -OCH3 is 1. The van der Waals surface area contributed by atoms with Gasteiger partial charge in [-0.1, -0.05) is 73.5 Å². The predicted octanol–water partition coefficient (Wildman–Crippen LogP) is 5.30. The van der Waals surface area contributed by atoms with E-state index in [1.165, 1.54) is 30.9 Å². The second kappa shape index (κ2) is 28.7. The number of alkyl carbamates (subject to hydrolysis) is 1. The Balaban J connectivity index is 0.990. The predicted molar refractivity (Wildman–Crippen MR) is 304 cm³/mol. The van der Waals surface area contributed by atoms with E-state index >= 15 is 0 Å². The highest BCUT2D eigenvalue weighted by atomic mass is 35.5. The van der Waals surface area contributed by atoms with Crippen LogP contribution >= 0.6 is 11.6 Å². The van der Waals surface area contributed by atoms with Gasteiger partial charge in [0.05, 0.1) is 62.0 Å². The molecule has 3 aliphatic rings. The van der Waals surface area contributed by atoms with Gasteiger partial charge in [0.25, 0.3) is 0 Å². The molecule has 1 unspecified atom stereocenters. The number of primary amides is 1. The number of aryl methyl sites for hydroxylation is 2. The maximum atomic E-state index is 14.3. The number of amides is 5. The summed E-state index contributed by atoms with van der Waals surface area (Å²) in [6.07, 6.45) is 0.369. The first-order valence-corrected chi connectivity index (χ1v) is 28.0. The average Bonchev–Trinajstić information content (AvgIpc) is 4.02. The van der Waals surface area contributed by atoms with E-state index in [1.807, 2.05) is 63.4 Å². The molecule has 0 saturated carbocycles. The maximum absolute atomic E-state index is 14.3. The Morgan fingerprint density at radius 1 is 1.02 bits per heavy atom. The smallest absolute Gasteiger partial charge is 0.409 e. The number of nitrogens with two attached hydrogens (primary N) is 1. The third-order valence-electron chi connectivity index (χ3n) is 15.7. The molecule has 3 aromatic rings. The van der Waals surface area contributed by atoms with Crippen LogP contribution in [-0.2, 0) is 76.7 Å². The van der Waals surface area contributed by atoms with Crippen LogP contribution in [0.3, 0.4) is 0 Å². The first-order valence-electron chi connectivity index (χ1n) is 27.7. The molecule has 1 aromatic heterocycles. The molecule has 0 spiro atoms. The van der Waals surface area contributed by atoms with E-state index in [0.717, 1.165) is 39.8 Å². The number of carbonyl (C=O) groups excluding carboxylic acids is 7. The molecule has 2 saturated heterocycles. The van der Waals surface area contributed by atoms with Crippen molar-refractivity contribution in [3.8, 4) is 0 Å². The molecule has 5 N–H and O–H groups in total. The zero-order valence-corrected chi connectivity index (χ0v) is 49.2. The van der Waals surface area contributed by atoms with Gasteiger partial charge in [0, 0.05) is 83.7 Å². The number of hydrogen-bond donors (Lipinski definition) is 4. The van der Waals surface area contributed by atoms with Gasteiger partial charge in [0.15, 0.2) is 5.72 Å². The molecule has 5 amide bonds. The average molecular weight is 1150 g/mol. The normalized spacial score (nSPS) is 24.9. The number of hydrogen-bond acceptors (Lipinski definition) is 15. The molecule has 3 aliphatic heterocycles. The number of likely N-dealkylation sites (N-methyl/N-ethyl adjacent to an activating group) is 1. The quantitative estimate of drug-likeness (QED) is 0.0504. The number of epoxide rings is 1. The molecule has 22 heteroatoms. The minimum atomic E-state index is -1.86. The van der Waals surface area contributed by atoms with Gasteiger partial charge in [-0.3, -0.25) is 29.3 Å². The van der Waals surface area contributed by atoms with Gasteiger partial charge in [0.1, 0.15) is 35.7 Å². The number of ether oxygens (including phenoxy) is 6. The lowest BCUT2D eigenvalue weighted by atomic mass is 9.83. The molecule has 81 heavy (non-hydrogen) atoms. The van der Waals surface area contributed by atoms with Crippen molar-refractivity contribution in [1.82, 2.24) is 25.0 Å². The van der Waals surface area contributed by atoms with Crippen LogP contribution < -0.4 is 21.3 Å². The van der Waals surface area contributed by atoms with Crippen LogP contribution in [0.1, 0.15) is 90.0 Å². The number of esters is 1. The Hall–Kier alpha value is -6.20. The van der Waals surface area contributed by atoms with Crippen LogP contribution in [-0.4, -0.2) is 171 Å². The Bertz CT molecular complexity index is 2820. The lowest BCUT2D eigenvalue weighted by Gasteiger charge is -2.42. The monoisotopic (exact) mass is 1150 g/mol. The summed E-state index contributed by atoms with van der Waals surface area (Å²) in [6, 6.07) is 12.8. The summed E-state index contributed by atoms with van der Waals surface area (Å²) in [6.45, 7) is 13.3.